The highest BCUT2D eigenvalue weighted by Gasteiger charge is 2.05. The fourth-order valence-corrected chi connectivity index (χ4v) is 0.993. The quantitative estimate of drug-likeness (QED) is 0.515. The Kier molecular flexibility index (Phi) is 1.30. The molecule has 0 aromatic carbocycles. The zero-order chi connectivity index (χ0) is 9.42. The molecule has 7 nitrogen and oxygen atoms in total. The van der Waals surface area contributed by atoms with Gasteiger partial charge in [0.15, 0.2) is 5.69 Å². The summed E-state index contributed by atoms with van der Waals surface area (Å²) in [6.07, 6.45) is 1.21. The molecule has 7 heteroatoms. The summed E-state index contributed by atoms with van der Waals surface area (Å²) in [5.41, 5.74) is -1.19. The lowest BCUT2D eigenvalue weighted by Crippen LogP contribution is -2.26. The van der Waals surface area contributed by atoms with Crippen molar-refractivity contribution in [1.29, 1.82) is 5.26 Å². The van der Waals surface area contributed by atoms with Crippen LogP contribution in [0.15, 0.2) is 15.8 Å². The average molecular weight is 177 g/mol. The van der Waals surface area contributed by atoms with Gasteiger partial charge in [-0.15, -0.1) is 0 Å². The second-order valence-corrected chi connectivity index (χ2v) is 2.31. The molecule has 0 spiro atoms. The predicted octanol–water partition coefficient (Wildman–Crippen LogP) is -1.42. The second kappa shape index (κ2) is 2.31. The van der Waals surface area contributed by atoms with Gasteiger partial charge in [0.25, 0.3) is 5.56 Å². The SMILES string of the molecule is N#Cc1cnc2c(=O)[nH]c(=O)[nH]n12. The van der Waals surface area contributed by atoms with Gasteiger partial charge in [0.1, 0.15) is 6.07 Å². The zero-order valence-corrected chi connectivity index (χ0v) is 6.24. The standard InChI is InChI=1S/C6H3N5O2/c7-1-3-2-8-4-5(12)9-6(13)10-11(3)4/h2H,(H2,9,10,12,13). The molecule has 2 heterocycles. The number of fused-ring (bicyclic) bond motifs is 1. The molecule has 2 N–H and O–H groups in total. The number of nitriles is 1. The van der Waals surface area contributed by atoms with E-state index < -0.39 is 11.2 Å². The van der Waals surface area contributed by atoms with Gasteiger partial charge >= 0.3 is 5.69 Å². The van der Waals surface area contributed by atoms with E-state index in [1.807, 2.05) is 4.98 Å². The number of nitrogens with one attached hydrogen (secondary N) is 2. The monoisotopic (exact) mass is 177 g/mol. The van der Waals surface area contributed by atoms with Crippen LogP contribution in [0.1, 0.15) is 5.69 Å². The predicted molar refractivity (Wildman–Crippen MR) is 41.1 cm³/mol. The number of H-pyrrole nitrogens is 2. The Morgan fingerprint density at radius 3 is 3.00 bits per heavy atom. The Labute approximate surface area is 70.3 Å². The first-order valence-corrected chi connectivity index (χ1v) is 3.32. The highest BCUT2D eigenvalue weighted by atomic mass is 16.2. The van der Waals surface area contributed by atoms with Gasteiger partial charge in [-0.1, -0.05) is 0 Å². The van der Waals surface area contributed by atoms with Gasteiger partial charge in [0.2, 0.25) is 5.65 Å². The molecule has 0 aliphatic heterocycles. The number of hydrogen-bond donors (Lipinski definition) is 2. The van der Waals surface area contributed by atoms with Gasteiger partial charge in [-0.05, 0) is 0 Å². The summed E-state index contributed by atoms with van der Waals surface area (Å²) >= 11 is 0. The van der Waals surface area contributed by atoms with Crippen LogP contribution in [0.3, 0.4) is 0 Å². The molecule has 0 bridgehead atoms. The fraction of sp³-hybridized carbons (Fsp3) is 0. The van der Waals surface area contributed by atoms with Crippen molar-refractivity contribution in [2.75, 3.05) is 0 Å². The lowest BCUT2D eigenvalue weighted by Gasteiger charge is -1.90. The molecule has 0 saturated carbocycles. The summed E-state index contributed by atoms with van der Waals surface area (Å²) in [5, 5.41) is 10.8. The van der Waals surface area contributed by atoms with Gasteiger partial charge in [0.05, 0.1) is 6.20 Å². The maximum Gasteiger partial charge on any atom is 0.340 e. The van der Waals surface area contributed by atoms with Crippen LogP contribution in [0.4, 0.5) is 0 Å². The normalized spacial score (nSPS) is 10.1. The highest BCUT2D eigenvalue weighted by Crippen LogP contribution is 1.94. The summed E-state index contributed by atoms with van der Waals surface area (Å²) in [5.74, 6) is 0. The maximum atomic E-state index is 11.1. The number of aromatic nitrogens is 4. The molecule has 0 fully saturated rings. The number of aromatic amines is 2. The molecule has 64 valence electrons. The van der Waals surface area contributed by atoms with E-state index >= 15 is 0 Å². The molecule has 2 rings (SSSR count). The van der Waals surface area contributed by atoms with Gasteiger partial charge in [-0.2, -0.15) is 5.26 Å². The summed E-state index contributed by atoms with van der Waals surface area (Å²) in [4.78, 5) is 27.5. The topological polar surface area (TPSA) is 107 Å². The molecule has 0 amide bonds. The molecule has 0 aliphatic rings. The first-order valence-electron chi connectivity index (χ1n) is 3.32. The molecule has 0 saturated heterocycles. The molecule has 13 heavy (non-hydrogen) atoms. The van der Waals surface area contributed by atoms with Crippen molar-refractivity contribution in [1.82, 2.24) is 19.6 Å². The van der Waals surface area contributed by atoms with E-state index in [2.05, 4.69) is 10.1 Å². The minimum atomic E-state index is -0.674. The number of nitrogens with zero attached hydrogens (tertiary/aromatic N) is 3. The molecule has 0 atom stereocenters. The fourth-order valence-electron chi connectivity index (χ4n) is 0.993. The molecule has 0 radical (unpaired) electrons. The van der Waals surface area contributed by atoms with Crippen LogP contribution in [0, 0.1) is 11.3 Å². The van der Waals surface area contributed by atoms with Crippen LogP contribution >= 0.6 is 0 Å². The summed E-state index contributed by atoms with van der Waals surface area (Å²) in [6, 6.07) is 1.78. The zero-order valence-electron chi connectivity index (χ0n) is 6.24. The lowest BCUT2D eigenvalue weighted by atomic mass is 10.5. The second-order valence-electron chi connectivity index (χ2n) is 2.31. The van der Waals surface area contributed by atoms with Crippen molar-refractivity contribution in [2.45, 2.75) is 0 Å². The van der Waals surface area contributed by atoms with E-state index in [0.717, 1.165) is 4.52 Å². The summed E-state index contributed by atoms with van der Waals surface area (Å²) < 4.78 is 1.04. The van der Waals surface area contributed by atoms with Crippen molar-refractivity contribution < 1.29 is 0 Å². The van der Waals surface area contributed by atoms with E-state index in [1.165, 1.54) is 6.20 Å². The van der Waals surface area contributed by atoms with E-state index in [1.54, 1.807) is 6.07 Å². The van der Waals surface area contributed by atoms with Crippen molar-refractivity contribution in [3.8, 4) is 6.07 Å². The van der Waals surface area contributed by atoms with Crippen LogP contribution < -0.4 is 11.2 Å². The maximum absolute atomic E-state index is 11.1. The molecule has 2 aromatic heterocycles. The van der Waals surface area contributed by atoms with Crippen LogP contribution in [-0.4, -0.2) is 19.6 Å². The largest absolute Gasteiger partial charge is 0.340 e. The number of imidazole rings is 1. The van der Waals surface area contributed by atoms with E-state index in [4.69, 9.17) is 5.26 Å². The van der Waals surface area contributed by atoms with E-state index in [0.29, 0.717) is 0 Å². The first-order chi connectivity index (χ1) is 6.22. The average Bonchev–Trinajstić information content (AvgIpc) is 2.47. The van der Waals surface area contributed by atoms with Crippen molar-refractivity contribution >= 4 is 5.65 Å². The van der Waals surface area contributed by atoms with Crippen LogP contribution in [0.25, 0.3) is 5.65 Å². The Hall–Kier alpha value is -2.36. The molecular weight excluding hydrogens is 174 g/mol. The minimum Gasteiger partial charge on any atom is -0.270 e. The van der Waals surface area contributed by atoms with Crippen LogP contribution in [-0.2, 0) is 0 Å². The third-order valence-electron chi connectivity index (χ3n) is 1.52. The highest BCUT2D eigenvalue weighted by molar-refractivity contribution is 5.38. The third kappa shape index (κ3) is 0.927. The Bertz CT molecular complexity index is 610. The minimum absolute atomic E-state index is 0.00356. The third-order valence-corrected chi connectivity index (χ3v) is 1.52. The van der Waals surface area contributed by atoms with E-state index in [9.17, 15) is 9.59 Å². The Morgan fingerprint density at radius 1 is 1.54 bits per heavy atom. The van der Waals surface area contributed by atoms with Gasteiger partial charge in [-0.25, -0.2) is 19.4 Å². The van der Waals surface area contributed by atoms with Crippen molar-refractivity contribution in [3.05, 3.63) is 32.7 Å². The van der Waals surface area contributed by atoms with Crippen LogP contribution in [0.2, 0.25) is 0 Å². The molecule has 0 unspecified atom stereocenters. The Morgan fingerprint density at radius 2 is 2.31 bits per heavy atom. The Balaban J connectivity index is 3.09. The van der Waals surface area contributed by atoms with Gasteiger partial charge in [0, 0.05) is 0 Å². The number of hydrogen-bond acceptors (Lipinski definition) is 4. The smallest absolute Gasteiger partial charge is 0.270 e. The van der Waals surface area contributed by atoms with Crippen molar-refractivity contribution in [3.63, 3.8) is 0 Å². The molecule has 0 aliphatic carbocycles. The van der Waals surface area contributed by atoms with Crippen LogP contribution in [0.5, 0.6) is 0 Å². The number of rotatable bonds is 0. The molecular formula is C6H3N5O2. The van der Waals surface area contributed by atoms with E-state index in [-0.39, 0.29) is 11.3 Å². The first kappa shape index (κ1) is 7.30. The van der Waals surface area contributed by atoms with Gasteiger partial charge < -0.3 is 0 Å². The van der Waals surface area contributed by atoms with Gasteiger partial charge in [-0.3, -0.25) is 9.78 Å². The molecule has 2 aromatic rings. The van der Waals surface area contributed by atoms with Crippen molar-refractivity contribution in [2.24, 2.45) is 0 Å². The lowest BCUT2D eigenvalue weighted by molar-refractivity contribution is 0.831. The summed E-state index contributed by atoms with van der Waals surface area (Å²) in [6.45, 7) is 0. The summed E-state index contributed by atoms with van der Waals surface area (Å²) in [7, 11) is 0.